The molecule has 1 aliphatic rings. The summed E-state index contributed by atoms with van der Waals surface area (Å²) in [7, 11) is 0. The van der Waals surface area contributed by atoms with Crippen LogP contribution in [0.4, 0.5) is 13.2 Å². The van der Waals surface area contributed by atoms with Gasteiger partial charge in [0.1, 0.15) is 0 Å². The third-order valence-corrected chi connectivity index (χ3v) is 2.93. The van der Waals surface area contributed by atoms with E-state index in [2.05, 4.69) is 9.97 Å². The standard InChI is InChI=1S/C10H9F3N2O3/c11-10(12,13)8-14-4-5(6(15-8)7(16)17)9(18)2-1-3-9/h4,18H,1-3H2,(H,16,17). The fourth-order valence-corrected chi connectivity index (χ4v) is 1.80. The van der Waals surface area contributed by atoms with Crippen molar-refractivity contribution in [2.75, 3.05) is 0 Å². The molecule has 0 saturated heterocycles. The molecule has 0 bridgehead atoms. The van der Waals surface area contributed by atoms with Crippen molar-refractivity contribution in [1.82, 2.24) is 9.97 Å². The molecular weight excluding hydrogens is 253 g/mol. The zero-order valence-corrected chi connectivity index (χ0v) is 9.03. The first-order valence-corrected chi connectivity index (χ1v) is 5.14. The Morgan fingerprint density at radius 2 is 2.00 bits per heavy atom. The van der Waals surface area contributed by atoms with E-state index in [0.29, 0.717) is 19.3 Å². The van der Waals surface area contributed by atoms with Crippen LogP contribution in [0.5, 0.6) is 0 Å². The second-order valence-electron chi connectivity index (χ2n) is 4.14. The first kappa shape index (κ1) is 12.7. The highest BCUT2D eigenvalue weighted by atomic mass is 19.4. The van der Waals surface area contributed by atoms with Crippen LogP contribution in [-0.2, 0) is 11.8 Å². The smallest absolute Gasteiger partial charge is 0.451 e. The van der Waals surface area contributed by atoms with Gasteiger partial charge >= 0.3 is 12.1 Å². The van der Waals surface area contributed by atoms with Gasteiger partial charge in [0.25, 0.3) is 0 Å². The minimum atomic E-state index is -4.81. The molecule has 2 N–H and O–H groups in total. The maximum Gasteiger partial charge on any atom is 0.451 e. The van der Waals surface area contributed by atoms with Gasteiger partial charge < -0.3 is 10.2 Å². The van der Waals surface area contributed by atoms with Gasteiger partial charge in [-0.2, -0.15) is 13.2 Å². The lowest BCUT2D eigenvalue weighted by Crippen LogP contribution is -2.36. The molecule has 1 aliphatic carbocycles. The van der Waals surface area contributed by atoms with E-state index in [4.69, 9.17) is 5.11 Å². The fourth-order valence-electron chi connectivity index (χ4n) is 1.80. The van der Waals surface area contributed by atoms with E-state index >= 15 is 0 Å². The van der Waals surface area contributed by atoms with Crippen molar-refractivity contribution < 1.29 is 28.2 Å². The summed E-state index contributed by atoms with van der Waals surface area (Å²) in [5.74, 6) is -3.13. The summed E-state index contributed by atoms with van der Waals surface area (Å²) in [5, 5.41) is 18.9. The van der Waals surface area contributed by atoms with Gasteiger partial charge in [-0.15, -0.1) is 0 Å². The number of nitrogens with zero attached hydrogens (tertiary/aromatic N) is 2. The van der Waals surface area contributed by atoms with Crippen LogP contribution in [0.15, 0.2) is 6.20 Å². The van der Waals surface area contributed by atoms with Gasteiger partial charge in [0, 0.05) is 11.8 Å². The number of aromatic carboxylic acids is 1. The number of rotatable bonds is 2. The Morgan fingerprint density at radius 1 is 1.39 bits per heavy atom. The molecule has 98 valence electrons. The van der Waals surface area contributed by atoms with E-state index in [1.54, 1.807) is 0 Å². The van der Waals surface area contributed by atoms with Crippen LogP contribution in [0.1, 0.15) is 41.1 Å². The molecular formula is C10H9F3N2O3. The molecule has 0 spiro atoms. The summed E-state index contributed by atoms with van der Waals surface area (Å²) >= 11 is 0. The van der Waals surface area contributed by atoms with Crippen LogP contribution < -0.4 is 0 Å². The largest absolute Gasteiger partial charge is 0.476 e. The molecule has 5 nitrogen and oxygen atoms in total. The molecule has 1 aromatic heterocycles. The van der Waals surface area contributed by atoms with E-state index in [0.717, 1.165) is 6.20 Å². The Labute approximate surface area is 99.3 Å². The summed E-state index contributed by atoms with van der Waals surface area (Å²) in [5.41, 5.74) is -2.37. The van der Waals surface area contributed by atoms with Gasteiger partial charge in [0.2, 0.25) is 5.82 Å². The average Bonchev–Trinajstić information content (AvgIpc) is 2.23. The minimum absolute atomic E-state index is 0.158. The zero-order valence-electron chi connectivity index (χ0n) is 9.03. The van der Waals surface area contributed by atoms with Crippen molar-refractivity contribution in [2.45, 2.75) is 31.0 Å². The SMILES string of the molecule is O=C(O)c1nc(C(F)(F)F)ncc1C1(O)CCC1. The highest BCUT2D eigenvalue weighted by Gasteiger charge is 2.42. The normalized spacial score (nSPS) is 18.2. The van der Waals surface area contributed by atoms with Crippen LogP contribution in [0.2, 0.25) is 0 Å². The van der Waals surface area contributed by atoms with Gasteiger partial charge in [0.05, 0.1) is 5.60 Å². The van der Waals surface area contributed by atoms with Crippen molar-refractivity contribution in [3.8, 4) is 0 Å². The van der Waals surface area contributed by atoms with E-state index < -0.39 is 29.3 Å². The molecule has 0 aliphatic heterocycles. The zero-order chi connectivity index (χ0) is 13.6. The number of aliphatic hydroxyl groups is 1. The van der Waals surface area contributed by atoms with Crippen molar-refractivity contribution >= 4 is 5.97 Å². The number of halogens is 3. The number of aromatic nitrogens is 2. The molecule has 1 heterocycles. The van der Waals surface area contributed by atoms with Crippen molar-refractivity contribution in [2.24, 2.45) is 0 Å². The number of carboxylic acid groups (broad SMARTS) is 1. The van der Waals surface area contributed by atoms with Gasteiger partial charge in [-0.3, -0.25) is 0 Å². The Bertz CT molecular complexity index is 498. The molecule has 0 atom stereocenters. The third kappa shape index (κ3) is 2.03. The highest BCUT2D eigenvalue weighted by Crippen LogP contribution is 2.42. The molecule has 8 heteroatoms. The van der Waals surface area contributed by atoms with Gasteiger partial charge in [-0.05, 0) is 19.3 Å². The van der Waals surface area contributed by atoms with Crippen LogP contribution >= 0.6 is 0 Å². The Kier molecular flexibility index (Phi) is 2.77. The lowest BCUT2D eigenvalue weighted by Gasteiger charge is -2.37. The first-order chi connectivity index (χ1) is 8.24. The van der Waals surface area contributed by atoms with Crippen molar-refractivity contribution in [1.29, 1.82) is 0 Å². The molecule has 2 rings (SSSR count). The van der Waals surface area contributed by atoms with Gasteiger partial charge in [0.15, 0.2) is 5.69 Å². The molecule has 1 fully saturated rings. The van der Waals surface area contributed by atoms with E-state index in [-0.39, 0.29) is 5.56 Å². The number of carboxylic acids is 1. The molecule has 1 saturated carbocycles. The maximum atomic E-state index is 12.4. The number of alkyl halides is 3. The number of carbonyl (C=O) groups is 1. The molecule has 18 heavy (non-hydrogen) atoms. The van der Waals surface area contributed by atoms with Crippen LogP contribution in [0, 0.1) is 0 Å². The molecule has 0 unspecified atom stereocenters. The minimum Gasteiger partial charge on any atom is -0.476 e. The summed E-state index contributed by atoms with van der Waals surface area (Å²) in [4.78, 5) is 17.0. The lowest BCUT2D eigenvalue weighted by molar-refractivity contribution is -0.145. The quantitative estimate of drug-likeness (QED) is 0.845. The van der Waals surface area contributed by atoms with E-state index in [1.165, 1.54) is 0 Å². The average molecular weight is 262 g/mol. The highest BCUT2D eigenvalue weighted by molar-refractivity contribution is 5.87. The Balaban J connectivity index is 2.52. The summed E-state index contributed by atoms with van der Waals surface area (Å²) in [6.45, 7) is 0. The van der Waals surface area contributed by atoms with Crippen LogP contribution in [0.25, 0.3) is 0 Å². The van der Waals surface area contributed by atoms with Crippen LogP contribution in [-0.4, -0.2) is 26.2 Å². The fraction of sp³-hybridized carbons (Fsp3) is 0.500. The van der Waals surface area contributed by atoms with E-state index in [1.807, 2.05) is 0 Å². The Hall–Kier alpha value is -1.70. The molecule has 0 aromatic carbocycles. The number of hydrogen-bond acceptors (Lipinski definition) is 4. The lowest BCUT2D eigenvalue weighted by atomic mass is 9.75. The Morgan fingerprint density at radius 3 is 2.39 bits per heavy atom. The third-order valence-electron chi connectivity index (χ3n) is 2.93. The van der Waals surface area contributed by atoms with Gasteiger partial charge in [-0.1, -0.05) is 0 Å². The van der Waals surface area contributed by atoms with Crippen molar-refractivity contribution in [3.05, 3.63) is 23.3 Å². The predicted molar refractivity (Wildman–Crippen MR) is 51.7 cm³/mol. The molecule has 0 amide bonds. The summed E-state index contributed by atoms with van der Waals surface area (Å²) in [6.07, 6.45) is -2.80. The summed E-state index contributed by atoms with van der Waals surface area (Å²) < 4.78 is 37.1. The molecule has 0 radical (unpaired) electrons. The predicted octanol–water partition coefficient (Wildman–Crippen LogP) is 1.57. The summed E-state index contributed by atoms with van der Waals surface area (Å²) in [6, 6.07) is 0. The maximum absolute atomic E-state index is 12.4. The van der Waals surface area contributed by atoms with Crippen LogP contribution in [0.3, 0.4) is 0 Å². The monoisotopic (exact) mass is 262 g/mol. The topological polar surface area (TPSA) is 83.3 Å². The first-order valence-electron chi connectivity index (χ1n) is 5.14. The second kappa shape index (κ2) is 3.91. The van der Waals surface area contributed by atoms with Crippen molar-refractivity contribution in [3.63, 3.8) is 0 Å². The van der Waals surface area contributed by atoms with E-state index in [9.17, 15) is 23.1 Å². The second-order valence-corrected chi connectivity index (χ2v) is 4.14. The molecule has 1 aromatic rings. The van der Waals surface area contributed by atoms with Gasteiger partial charge in [-0.25, -0.2) is 14.8 Å². The number of hydrogen-bond donors (Lipinski definition) is 2.